The summed E-state index contributed by atoms with van der Waals surface area (Å²) in [5.74, 6) is -1.80. The van der Waals surface area contributed by atoms with Crippen LogP contribution in [-0.2, 0) is 12.4 Å². The van der Waals surface area contributed by atoms with E-state index in [1.807, 2.05) is 0 Å². The van der Waals surface area contributed by atoms with Crippen LogP contribution in [0.5, 0.6) is 5.75 Å². The lowest BCUT2D eigenvalue weighted by atomic mass is 10.1. The number of ether oxygens (including phenoxy) is 1. The molecule has 3 aromatic rings. The van der Waals surface area contributed by atoms with Gasteiger partial charge in [-0.1, -0.05) is 6.07 Å². The van der Waals surface area contributed by atoms with Crippen molar-refractivity contribution >= 4 is 17.6 Å². The molecule has 3 rings (SSSR count). The smallest absolute Gasteiger partial charge is 0.416 e. The first kappa shape index (κ1) is 23.8. The van der Waals surface area contributed by atoms with Crippen LogP contribution in [0.1, 0.15) is 37.4 Å². The van der Waals surface area contributed by atoms with Crippen LogP contribution in [0.15, 0.2) is 66.7 Å². The van der Waals surface area contributed by atoms with Crippen LogP contribution in [0, 0.1) is 6.92 Å². The van der Waals surface area contributed by atoms with Gasteiger partial charge in [0.25, 0.3) is 5.91 Å². The Morgan fingerprint density at radius 2 is 1.21 bits per heavy atom. The predicted molar refractivity (Wildman–Crippen MR) is 107 cm³/mol. The SMILES string of the molecule is Cc1ccc(OC(=O)c2ccc(C(F)(F)F)cc2)c(NC(=O)c2ccc(C(F)(F)F)cc2)c1. The second-order valence-corrected chi connectivity index (χ2v) is 6.99. The van der Waals surface area contributed by atoms with E-state index in [2.05, 4.69) is 5.32 Å². The van der Waals surface area contributed by atoms with Crippen LogP contribution in [-0.4, -0.2) is 11.9 Å². The van der Waals surface area contributed by atoms with E-state index in [0.29, 0.717) is 5.56 Å². The largest absolute Gasteiger partial charge is 0.421 e. The van der Waals surface area contributed by atoms with E-state index in [4.69, 9.17) is 4.74 Å². The number of hydrogen-bond donors (Lipinski definition) is 1. The fourth-order valence-electron chi connectivity index (χ4n) is 2.79. The lowest BCUT2D eigenvalue weighted by Gasteiger charge is -2.13. The summed E-state index contributed by atoms with van der Waals surface area (Å²) in [6.45, 7) is 1.69. The number of amides is 1. The van der Waals surface area contributed by atoms with Gasteiger partial charge in [0, 0.05) is 5.56 Å². The standard InChI is InChI=1S/C23H15F6NO3/c1-13-2-11-19(33-21(32)15-5-9-17(10-6-15)23(27,28)29)18(12-13)30-20(31)14-3-7-16(8-4-14)22(24,25)26/h2-12H,1H3,(H,30,31). The summed E-state index contributed by atoms with van der Waals surface area (Å²) in [7, 11) is 0. The summed E-state index contributed by atoms with van der Waals surface area (Å²) >= 11 is 0. The quantitative estimate of drug-likeness (QED) is 0.271. The molecular formula is C23H15F6NO3. The summed E-state index contributed by atoms with van der Waals surface area (Å²) in [6, 6.07) is 11.3. The maximum atomic E-state index is 12.7. The summed E-state index contributed by atoms with van der Waals surface area (Å²) in [5, 5.41) is 2.47. The normalized spacial score (nSPS) is 11.7. The molecule has 0 aliphatic heterocycles. The van der Waals surface area contributed by atoms with Crippen LogP contribution in [0.4, 0.5) is 32.0 Å². The van der Waals surface area contributed by atoms with Gasteiger partial charge in [0.05, 0.1) is 22.4 Å². The number of esters is 1. The van der Waals surface area contributed by atoms with Gasteiger partial charge in [-0.05, 0) is 73.2 Å². The molecule has 0 atom stereocenters. The van der Waals surface area contributed by atoms with Gasteiger partial charge in [-0.3, -0.25) is 4.79 Å². The molecule has 172 valence electrons. The van der Waals surface area contributed by atoms with E-state index in [0.717, 1.165) is 48.5 Å². The zero-order chi connectivity index (χ0) is 24.4. The molecule has 4 nitrogen and oxygen atoms in total. The molecule has 0 saturated carbocycles. The molecular weight excluding hydrogens is 452 g/mol. The predicted octanol–water partition coefficient (Wildman–Crippen LogP) is 6.50. The molecule has 0 saturated heterocycles. The van der Waals surface area contributed by atoms with Crippen molar-refractivity contribution < 1.29 is 40.7 Å². The molecule has 0 aliphatic rings. The van der Waals surface area contributed by atoms with Crippen molar-refractivity contribution in [3.8, 4) is 5.75 Å². The van der Waals surface area contributed by atoms with Crippen molar-refractivity contribution in [2.75, 3.05) is 5.32 Å². The van der Waals surface area contributed by atoms with Crippen LogP contribution < -0.4 is 10.1 Å². The van der Waals surface area contributed by atoms with Gasteiger partial charge in [0.15, 0.2) is 5.75 Å². The zero-order valence-corrected chi connectivity index (χ0v) is 16.8. The molecule has 0 unspecified atom stereocenters. The first-order valence-electron chi connectivity index (χ1n) is 9.33. The Balaban J connectivity index is 1.79. The molecule has 0 aromatic heterocycles. The molecule has 0 bridgehead atoms. The number of halogens is 6. The second-order valence-electron chi connectivity index (χ2n) is 6.99. The monoisotopic (exact) mass is 467 g/mol. The van der Waals surface area contributed by atoms with Crippen molar-refractivity contribution in [3.63, 3.8) is 0 Å². The highest BCUT2D eigenvalue weighted by molar-refractivity contribution is 6.05. The molecule has 10 heteroatoms. The number of rotatable bonds is 4. The summed E-state index contributed by atoms with van der Waals surface area (Å²) < 4.78 is 81.4. The Hall–Kier alpha value is -3.82. The second kappa shape index (κ2) is 8.97. The van der Waals surface area contributed by atoms with E-state index < -0.39 is 35.4 Å². The van der Waals surface area contributed by atoms with E-state index in [-0.39, 0.29) is 22.6 Å². The highest BCUT2D eigenvalue weighted by Gasteiger charge is 2.31. The Kier molecular flexibility index (Phi) is 6.48. The molecule has 3 aromatic carbocycles. The van der Waals surface area contributed by atoms with E-state index in [9.17, 15) is 35.9 Å². The van der Waals surface area contributed by atoms with E-state index >= 15 is 0 Å². The van der Waals surface area contributed by atoms with Crippen LogP contribution >= 0.6 is 0 Å². The van der Waals surface area contributed by atoms with Crippen molar-refractivity contribution in [2.24, 2.45) is 0 Å². The fourth-order valence-corrected chi connectivity index (χ4v) is 2.79. The van der Waals surface area contributed by atoms with Crippen molar-refractivity contribution in [1.29, 1.82) is 0 Å². The number of benzene rings is 3. The van der Waals surface area contributed by atoms with Crippen LogP contribution in [0.2, 0.25) is 0 Å². The third-order valence-electron chi connectivity index (χ3n) is 4.51. The van der Waals surface area contributed by atoms with Crippen LogP contribution in [0.3, 0.4) is 0 Å². The summed E-state index contributed by atoms with van der Waals surface area (Å²) in [6.07, 6.45) is -9.11. The van der Waals surface area contributed by atoms with Gasteiger partial charge >= 0.3 is 18.3 Å². The summed E-state index contributed by atoms with van der Waals surface area (Å²) in [4.78, 5) is 24.9. The number of hydrogen-bond acceptors (Lipinski definition) is 3. The number of carbonyl (C=O) groups is 2. The molecule has 0 heterocycles. The van der Waals surface area contributed by atoms with Gasteiger partial charge in [0.2, 0.25) is 0 Å². The number of aryl methyl sites for hydroxylation is 1. The van der Waals surface area contributed by atoms with Crippen molar-refractivity contribution in [3.05, 3.63) is 94.5 Å². The number of carbonyl (C=O) groups excluding carboxylic acids is 2. The van der Waals surface area contributed by atoms with Gasteiger partial charge in [-0.25, -0.2) is 4.79 Å². The van der Waals surface area contributed by atoms with Crippen molar-refractivity contribution in [2.45, 2.75) is 19.3 Å². The van der Waals surface area contributed by atoms with Crippen molar-refractivity contribution in [1.82, 2.24) is 0 Å². The zero-order valence-electron chi connectivity index (χ0n) is 16.8. The van der Waals surface area contributed by atoms with E-state index in [1.54, 1.807) is 13.0 Å². The summed E-state index contributed by atoms with van der Waals surface area (Å²) in [5.41, 5.74) is -1.33. The number of alkyl halides is 6. The molecule has 33 heavy (non-hydrogen) atoms. The lowest BCUT2D eigenvalue weighted by molar-refractivity contribution is -0.138. The van der Waals surface area contributed by atoms with E-state index in [1.165, 1.54) is 12.1 Å². The minimum Gasteiger partial charge on any atom is -0.421 e. The maximum Gasteiger partial charge on any atom is 0.416 e. The average Bonchev–Trinajstić information content (AvgIpc) is 2.74. The fraction of sp³-hybridized carbons (Fsp3) is 0.130. The number of anilines is 1. The molecule has 0 aliphatic carbocycles. The third-order valence-corrected chi connectivity index (χ3v) is 4.51. The third kappa shape index (κ3) is 5.91. The minimum absolute atomic E-state index is 0.0557. The first-order valence-corrected chi connectivity index (χ1v) is 9.33. The molecule has 0 fully saturated rings. The minimum atomic E-state index is -4.56. The molecule has 1 N–H and O–H groups in total. The Morgan fingerprint density at radius 1 is 0.727 bits per heavy atom. The number of nitrogens with one attached hydrogen (secondary N) is 1. The first-order chi connectivity index (χ1) is 15.3. The van der Waals surface area contributed by atoms with Gasteiger partial charge in [-0.2, -0.15) is 26.3 Å². The van der Waals surface area contributed by atoms with Gasteiger partial charge in [0.1, 0.15) is 0 Å². The Morgan fingerprint density at radius 3 is 1.70 bits per heavy atom. The Labute approximate surface area is 183 Å². The topological polar surface area (TPSA) is 55.4 Å². The molecule has 0 radical (unpaired) electrons. The lowest BCUT2D eigenvalue weighted by Crippen LogP contribution is -2.16. The van der Waals surface area contributed by atoms with Gasteiger partial charge in [-0.15, -0.1) is 0 Å². The van der Waals surface area contributed by atoms with Gasteiger partial charge < -0.3 is 10.1 Å². The maximum absolute atomic E-state index is 12.7. The van der Waals surface area contributed by atoms with Crippen LogP contribution in [0.25, 0.3) is 0 Å². The highest BCUT2D eigenvalue weighted by Crippen LogP contribution is 2.31. The average molecular weight is 467 g/mol. The molecule has 1 amide bonds. The Bertz CT molecular complexity index is 1170. The molecule has 0 spiro atoms. The highest BCUT2D eigenvalue weighted by atomic mass is 19.4.